The van der Waals surface area contributed by atoms with Crippen LogP contribution in [0.25, 0.3) is 0 Å². The molecule has 118 valence electrons. The van der Waals surface area contributed by atoms with Gasteiger partial charge in [-0.3, -0.25) is 0 Å². The molecule has 0 aromatic carbocycles. The molecule has 4 saturated carbocycles. The van der Waals surface area contributed by atoms with E-state index in [1.807, 2.05) is 0 Å². The minimum atomic E-state index is 0.00767. The maximum Gasteiger partial charge on any atom is 0.0543 e. The molecule has 0 saturated heterocycles. The van der Waals surface area contributed by atoms with Crippen LogP contribution in [-0.2, 0) is 0 Å². The van der Waals surface area contributed by atoms with E-state index in [0.29, 0.717) is 5.41 Å². The number of rotatable bonds is 1. The third-order valence-electron chi connectivity index (χ3n) is 8.28. The maximum atomic E-state index is 9.99. The van der Waals surface area contributed by atoms with Crippen LogP contribution >= 0.6 is 0 Å². The van der Waals surface area contributed by atoms with E-state index in [4.69, 9.17) is 0 Å². The van der Waals surface area contributed by atoms with Crippen molar-refractivity contribution in [2.75, 3.05) is 0 Å². The highest BCUT2D eigenvalue weighted by Crippen LogP contribution is 2.64. The van der Waals surface area contributed by atoms with Crippen LogP contribution in [0.2, 0.25) is 0 Å². The highest BCUT2D eigenvalue weighted by molar-refractivity contribution is 5.09. The van der Waals surface area contributed by atoms with Crippen LogP contribution in [0.1, 0.15) is 64.7 Å². The fourth-order valence-corrected chi connectivity index (χ4v) is 7.26. The van der Waals surface area contributed by atoms with Gasteiger partial charge in [-0.15, -0.1) is 6.58 Å². The lowest BCUT2D eigenvalue weighted by atomic mass is 9.49. The van der Waals surface area contributed by atoms with Gasteiger partial charge in [0.1, 0.15) is 0 Å². The average Bonchev–Trinajstić information content (AvgIpc) is 2.83. The first kappa shape index (κ1) is 14.3. The summed E-state index contributed by atoms with van der Waals surface area (Å²) in [6, 6.07) is 0. The van der Waals surface area contributed by atoms with Crippen LogP contribution in [-0.4, -0.2) is 11.2 Å². The summed E-state index contributed by atoms with van der Waals surface area (Å²) in [4.78, 5) is 0. The van der Waals surface area contributed by atoms with Crippen molar-refractivity contribution in [1.29, 1.82) is 0 Å². The lowest BCUT2D eigenvalue weighted by molar-refractivity contribution is -0.0732. The number of hydrogen-bond acceptors (Lipinski definition) is 1. The molecule has 4 fully saturated rings. The summed E-state index contributed by atoms with van der Waals surface area (Å²) < 4.78 is 0. The van der Waals surface area contributed by atoms with Crippen molar-refractivity contribution in [1.82, 2.24) is 0 Å². The normalized spacial score (nSPS) is 56.2. The fourth-order valence-electron chi connectivity index (χ4n) is 7.26. The first-order chi connectivity index (χ1) is 10.1. The van der Waals surface area contributed by atoms with Crippen molar-refractivity contribution in [3.05, 3.63) is 12.7 Å². The number of hydrogen-bond donors (Lipinski definition) is 1. The Kier molecular flexibility index (Phi) is 3.48. The smallest absolute Gasteiger partial charge is 0.0543 e. The van der Waals surface area contributed by atoms with Crippen LogP contribution in [0, 0.1) is 40.9 Å². The van der Waals surface area contributed by atoms with Gasteiger partial charge in [0.15, 0.2) is 0 Å². The van der Waals surface area contributed by atoms with E-state index < -0.39 is 0 Å². The monoisotopic (exact) mass is 288 g/mol. The Bertz CT molecular complexity index is 416. The molecule has 4 unspecified atom stereocenters. The van der Waals surface area contributed by atoms with E-state index in [0.717, 1.165) is 48.3 Å². The molecule has 1 nitrogen and oxygen atoms in total. The lowest BCUT2D eigenvalue weighted by Gasteiger charge is -2.56. The van der Waals surface area contributed by atoms with Crippen molar-refractivity contribution >= 4 is 0 Å². The zero-order chi connectivity index (χ0) is 14.6. The van der Waals surface area contributed by atoms with Gasteiger partial charge in [0.25, 0.3) is 0 Å². The van der Waals surface area contributed by atoms with Gasteiger partial charge in [-0.1, -0.05) is 13.0 Å². The van der Waals surface area contributed by atoms with E-state index in [1.165, 1.54) is 44.9 Å². The second-order valence-corrected chi connectivity index (χ2v) is 8.87. The molecule has 4 rings (SSSR count). The van der Waals surface area contributed by atoms with Gasteiger partial charge in [-0.25, -0.2) is 0 Å². The maximum absolute atomic E-state index is 9.99. The third-order valence-corrected chi connectivity index (χ3v) is 8.28. The third kappa shape index (κ3) is 2.06. The summed E-state index contributed by atoms with van der Waals surface area (Å²) in [5.74, 6) is 5.50. The Hall–Kier alpha value is -0.300. The molecule has 4 aliphatic rings. The molecule has 0 aliphatic heterocycles. The van der Waals surface area contributed by atoms with Crippen molar-refractivity contribution in [2.45, 2.75) is 70.8 Å². The molecule has 0 aromatic heterocycles. The van der Waals surface area contributed by atoms with Gasteiger partial charge in [0.2, 0.25) is 0 Å². The zero-order valence-corrected chi connectivity index (χ0v) is 13.6. The molecular formula is C20H32O. The molecule has 4 aliphatic carbocycles. The highest BCUT2D eigenvalue weighted by atomic mass is 16.3. The molecule has 1 N–H and O–H groups in total. The van der Waals surface area contributed by atoms with Crippen molar-refractivity contribution < 1.29 is 5.11 Å². The van der Waals surface area contributed by atoms with E-state index >= 15 is 0 Å². The Morgan fingerprint density at radius 3 is 2.57 bits per heavy atom. The van der Waals surface area contributed by atoms with Gasteiger partial charge in [-0.05, 0) is 98.7 Å². The van der Waals surface area contributed by atoms with Crippen molar-refractivity contribution in [2.24, 2.45) is 40.9 Å². The van der Waals surface area contributed by atoms with Gasteiger partial charge in [-0.2, -0.15) is 0 Å². The minimum Gasteiger partial charge on any atom is -0.393 e. The second-order valence-electron chi connectivity index (χ2n) is 8.87. The molecule has 0 spiro atoms. The van der Waals surface area contributed by atoms with Gasteiger partial charge >= 0.3 is 0 Å². The largest absolute Gasteiger partial charge is 0.393 e. The highest BCUT2D eigenvalue weighted by Gasteiger charge is 2.56. The predicted molar refractivity (Wildman–Crippen MR) is 86.8 cm³/mol. The fraction of sp³-hybridized carbons (Fsp3) is 0.900. The molecule has 0 aromatic rings. The minimum absolute atomic E-state index is 0.00767. The first-order valence-corrected chi connectivity index (χ1v) is 9.44. The number of aliphatic hydroxyl groups is 1. The summed E-state index contributed by atoms with van der Waals surface area (Å²) in [6.07, 6.45) is 14.3. The molecule has 0 heterocycles. The lowest BCUT2D eigenvalue weighted by Crippen LogP contribution is -2.48. The molecule has 21 heavy (non-hydrogen) atoms. The van der Waals surface area contributed by atoms with E-state index in [1.54, 1.807) is 0 Å². The Morgan fingerprint density at radius 1 is 0.952 bits per heavy atom. The van der Waals surface area contributed by atoms with E-state index in [-0.39, 0.29) is 6.10 Å². The molecule has 0 amide bonds. The number of aliphatic hydroxyl groups excluding tert-OH is 1. The predicted octanol–water partition coefficient (Wildman–Crippen LogP) is 4.80. The summed E-state index contributed by atoms with van der Waals surface area (Å²) >= 11 is 0. The standard InChI is InChI=1S/C20H32O/c1-3-14-5-9-19-18-7-4-13-12-15(21)6-8-16(13)17(18)10-11-20(14,19)2/h3,13-19,21H,1,4-12H2,2H3/t13?,14-,15-,16+,17?,18?,19?,20+/m0/s1. The molecule has 8 atom stereocenters. The molecular weight excluding hydrogens is 256 g/mol. The zero-order valence-electron chi connectivity index (χ0n) is 13.6. The van der Waals surface area contributed by atoms with Gasteiger partial charge in [0.05, 0.1) is 6.10 Å². The van der Waals surface area contributed by atoms with Crippen molar-refractivity contribution in [3.63, 3.8) is 0 Å². The van der Waals surface area contributed by atoms with Crippen LogP contribution in [0.15, 0.2) is 12.7 Å². The van der Waals surface area contributed by atoms with Crippen LogP contribution in [0.3, 0.4) is 0 Å². The number of allylic oxidation sites excluding steroid dienone is 1. The summed E-state index contributed by atoms with van der Waals surface area (Å²) in [5.41, 5.74) is 0.559. The molecule has 0 radical (unpaired) electrons. The van der Waals surface area contributed by atoms with Crippen molar-refractivity contribution in [3.8, 4) is 0 Å². The first-order valence-electron chi connectivity index (χ1n) is 9.44. The Labute approximate surface area is 130 Å². The number of fused-ring (bicyclic) bond motifs is 5. The quantitative estimate of drug-likeness (QED) is 0.687. The van der Waals surface area contributed by atoms with Crippen LogP contribution < -0.4 is 0 Å². The summed E-state index contributed by atoms with van der Waals surface area (Å²) in [5, 5.41) is 9.99. The van der Waals surface area contributed by atoms with Crippen LogP contribution in [0.4, 0.5) is 0 Å². The topological polar surface area (TPSA) is 20.2 Å². The second kappa shape index (κ2) is 5.11. The van der Waals surface area contributed by atoms with Gasteiger partial charge < -0.3 is 5.11 Å². The average molecular weight is 288 g/mol. The molecule has 0 bridgehead atoms. The van der Waals surface area contributed by atoms with E-state index in [2.05, 4.69) is 19.6 Å². The Balaban J connectivity index is 1.56. The molecule has 1 heteroatoms. The van der Waals surface area contributed by atoms with Crippen LogP contribution in [0.5, 0.6) is 0 Å². The SMILES string of the molecule is C=C[C@H]1CCC2C3CCC4C[C@@H](O)CC[C@H]4C3CC[C@@]21C. The van der Waals surface area contributed by atoms with Gasteiger partial charge in [0, 0.05) is 0 Å². The Morgan fingerprint density at radius 2 is 1.76 bits per heavy atom. The van der Waals surface area contributed by atoms with E-state index in [9.17, 15) is 5.11 Å². The summed E-state index contributed by atoms with van der Waals surface area (Å²) in [7, 11) is 0. The summed E-state index contributed by atoms with van der Waals surface area (Å²) in [6.45, 7) is 6.70.